The van der Waals surface area contributed by atoms with Gasteiger partial charge in [0.2, 0.25) is 0 Å². The van der Waals surface area contributed by atoms with Crippen LogP contribution in [-0.4, -0.2) is 49.0 Å². The summed E-state index contributed by atoms with van der Waals surface area (Å²) in [6, 6.07) is 4.74. The zero-order valence-electron chi connectivity index (χ0n) is 12.0. The summed E-state index contributed by atoms with van der Waals surface area (Å²) in [7, 11) is 0. The molecule has 1 fully saturated rings. The van der Waals surface area contributed by atoms with Crippen molar-refractivity contribution in [1.82, 2.24) is 0 Å². The zero-order chi connectivity index (χ0) is 15.2. The van der Waals surface area contributed by atoms with E-state index in [4.69, 9.17) is 9.47 Å². The fourth-order valence-electron chi connectivity index (χ4n) is 2.38. The number of nitro groups is 1. The first-order valence-electron chi connectivity index (χ1n) is 7.04. The van der Waals surface area contributed by atoms with Crippen molar-refractivity contribution in [2.45, 2.75) is 19.4 Å². The van der Waals surface area contributed by atoms with Crippen LogP contribution in [0.2, 0.25) is 0 Å². The van der Waals surface area contributed by atoms with Gasteiger partial charge in [-0.1, -0.05) is 13.0 Å². The molecule has 0 radical (unpaired) electrons. The highest BCUT2D eigenvalue weighted by atomic mass is 16.6. The summed E-state index contributed by atoms with van der Waals surface area (Å²) in [6.45, 7) is 3.60. The minimum Gasteiger partial charge on any atom is -0.487 e. The summed E-state index contributed by atoms with van der Waals surface area (Å²) in [5, 5.41) is 20.9. The lowest BCUT2D eigenvalue weighted by molar-refractivity contribution is -0.385. The molecule has 21 heavy (non-hydrogen) atoms. The molecule has 1 saturated heterocycles. The van der Waals surface area contributed by atoms with Gasteiger partial charge in [0.25, 0.3) is 0 Å². The van der Waals surface area contributed by atoms with Gasteiger partial charge in [0.05, 0.1) is 37.4 Å². The first-order chi connectivity index (χ1) is 10.2. The second-order valence-corrected chi connectivity index (χ2v) is 4.83. The lowest BCUT2D eigenvalue weighted by atomic mass is 10.1. The number of ether oxygens (including phenoxy) is 2. The third-order valence-electron chi connectivity index (χ3n) is 3.37. The number of aliphatic hydroxyl groups excluding tert-OH is 1. The number of nitro benzene ring substituents is 1. The van der Waals surface area contributed by atoms with Gasteiger partial charge in [-0.25, -0.2) is 0 Å². The number of nitrogens with zero attached hydrogens (tertiary/aromatic N) is 2. The fourth-order valence-corrected chi connectivity index (χ4v) is 2.38. The highest BCUT2D eigenvalue weighted by Gasteiger charge is 2.30. The van der Waals surface area contributed by atoms with Gasteiger partial charge < -0.3 is 19.5 Å². The molecule has 1 heterocycles. The van der Waals surface area contributed by atoms with E-state index in [1.165, 1.54) is 0 Å². The van der Waals surface area contributed by atoms with Crippen molar-refractivity contribution in [2.75, 3.05) is 37.9 Å². The van der Waals surface area contributed by atoms with E-state index in [-0.39, 0.29) is 24.1 Å². The van der Waals surface area contributed by atoms with Gasteiger partial charge >= 0.3 is 5.69 Å². The number of hydrogen-bond acceptors (Lipinski definition) is 6. The smallest absolute Gasteiger partial charge is 0.333 e. The molecule has 2 rings (SSSR count). The van der Waals surface area contributed by atoms with Gasteiger partial charge in [0, 0.05) is 6.54 Å². The van der Waals surface area contributed by atoms with Gasteiger partial charge in [-0.05, 0) is 18.6 Å². The Morgan fingerprint density at radius 3 is 3.05 bits per heavy atom. The van der Waals surface area contributed by atoms with Crippen LogP contribution in [0.5, 0.6) is 5.75 Å². The van der Waals surface area contributed by atoms with E-state index in [1.54, 1.807) is 18.2 Å². The summed E-state index contributed by atoms with van der Waals surface area (Å²) >= 11 is 0. The maximum absolute atomic E-state index is 11.4. The van der Waals surface area contributed by atoms with Crippen molar-refractivity contribution in [3.05, 3.63) is 28.3 Å². The quantitative estimate of drug-likeness (QED) is 0.633. The first kappa shape index (κ1) is 15.5. The highest BCUT2D eigenvalue weighted by molar-refractivity contribution is 5.70. The summed E-state index contributed by atoms with van der Waals surface area (Å²) in [4.78, 5) is 12.8. The van der Waals surface area contributed by atoms with Crippen LogP contribution >= 0.6 is 0 Å². The molecular formula is C14H20N2O5. The molecule has 1 aliphatic rings. The van der Waals surface area contributed by atoms with Crippen molar-refractivity contribution in [1.29, 1.82) is 0 Å². The maximum Gasteiger partial charge on any atom is 0.333 e. The number of benzene rings is 1. The molecule has 1 N–H and O–H groups in total. The van der Waals surface area contributed by atoms with E-state index in [2.05, 4.69) is 0 Å². The Labute approximate surface area is 123 Å². The molecule has 7 heteroatoms. The number of rotatable bonds is 6. The molecule has 1 unspecified atom stereocenters. The fraction of sp³-hybridized carbons (Fsp3) is 0.571. The van der Waals surface area contributed by atoms with E-state index in [9.17, 15) is 15.2 Å². The van der Waals surface area contributed by atoms with E-state index in [0.29, 0.717) is 32.1 Å². The van der Waals surface area contributed by atoms with Crippen molar-refractivity contribution < 1.29 is 19.5 Å². The Kier molecular flexibility index (Phi) is 5.35. The summed E-state index contributed by atoms with van der Waals surface area (Å²) in [5.74, 6) is 0.266. The molecule has 0 saturated carbocycles. The molecule has 0 spiro atoms. The lowest BCUT2D eigenvalue weighted by Gasteiger charge is -2.36. The Bertz CT molecular complexity index is 494. The Hall–Kier alpha value is -1.86. The van der Waals surface area contributed by atoms with Crippen LogP contribution < -0.4 is 9.64 Å². The molecule has 0 amide bonds. The minimum atomic E-state index is -0.426. The number of aliphatic hydroxyl groups is 1. The molecule has 0 aliphatic carbocycles. The van der Waals surface area contributed by atoms with Crippen LogP contribution in [-0.2, 0) is 4.74 Å². The van der Waals surface area contributed by atoms with Gasteiger partial charge in [0.1, 0.15) is 5.69 Å². The molecule has 1 aliphatic heterocycles. The topological polar surface area (TPSA) is 85.1 Å². The number of morpholine rings is 1. The van der Waals surface area contributed by atoms with Crippen LogP contribution in [0.4, 0.5) is 11.4 Å². The van der Waals surface area contributed by atoms with Gasteiger partial charge in [-0.3, -0.25) is 10.1 Å². The molecular weight excluding hydrogens is 276 g/mol. The van der Waals surface area contributed by atoms with Gasteiger partial charge in [-0.2, -0.15) is 0 Å². The van der Waals surface area contributed by atoms with Crippen molar-refractivity contribution in [3.63, 3.8) is 0 Å². The van der Waals surface area contributed by atoms with Crippen molar-refractivity contribution in [2.24, 2.45) is 0 Å². The average molecular weight is 296 g/mol. The van der Waals surface area contributed by atoms with E-state index in [1.807, 2.05) is 11.8 Å². The molecule has 1 aromatic carbocycles. The number of para-hydroxylation sites is 1. The summed E-state index contributed by atoms with van der Waals surface area (Å²) in [6.07, 6.45) is 0.776. The summed E-state index contributed by atoms with van der Waals surface area (Å²) < 4.78 is 10.8. The lowest BCUT2D eigenvalue weighted by Crippen LogP contribution is -2.47. The van der Waals surface area contributed by atoms with Gasteiger partial charge in [-0.15, -0.1) is 0 Å². The second kappa shape index (κ2) is 7.24. The zero-order valence-corrected chi connectivity index (χ0v) is 12.0. The molecule has 0 aromatic heterocycles. The normalized spacial score (nSPS) is 18.6. The Balaban J connectivity index is 2.39. The van der Waals surface area contributed by atoms with Crippen molar-refractivity contribution in [3.8, 4) is 5.75 Å². The predicted octanol–water partition coefficient (Wildman–Crippen LogP) is 1.58. The molecule has 1 atom stereocenters. The molecule has 7 nitrogen and oxygen atoms in total. The standard InChI is InChI=1S/C14H20N2O5/c1-2-7-21-13-5-3-4-12(14(13)16(18)19)15-6-8-20-10-11(15)9-17/h3-5,11,17H,2,6-10H2,1H3. The first-order valence-corrected chi connectivity index (χ1v) is 7.04. The van der Waals surface area contributed by atoms with E-state index in [0.717, 1.165) is 6.42 Å². The van der Waals surface area contributed by atoms with Crippen LogP contribution in [0, 0.1) is 10.1 Å². The number of hydrogen-bond donors (Lipinski definition) is 1. The van der Waals surface area contributed by atoms with E-state index >= 15 is 0 Å². The number of anilines is 1. The third kappa shape index (κ3) is 3.43. The second-order valence-electron chi connectivity index (χ2n) is 4.83. The van der Waals surface area contributed by atoms with Crippen LogP contribution in [0.3, 0.4) is 0 Å². The van der Waals surface area contributed by atoms with Crippen LogP contribution in [0.15, 0.2) is 18.2 Å². The molecule has 0 bridgehead atoms. The average Bonchev–Trinajstić information content (AvgIpc) is 2.52. The largest absolute Gasteiger partial charge is 0.487 e. The Morgan fingerprint density at radius 1 is 1.57 bits per heavy atom. The minimum absolute atomic E-state index is 0.0497. The Morgan fingerprint density at radius 2 is 2.38 bits per heavy atom. The maximum atomic E-state index is 11.4. The predicted molar refractivity (Wildman–Crippen MR) is 77.9 cm³/mol. The molecule has 1 aromatic rings. The molecule has 116 valence electrons. The highest BCUT2D eigenvalue weighted by Crippen LogP contribution is 2.38. The van der Waals surface area contributed by atoms with Crippen molar-refractivity contribution >= 4 is 11.4 Å². The van der Waals surface area contributed by atoms with Crippen LogP contribution in [0.25, 0.3) is 0 Å². The third-order valence-corrected chi connectivity index (χ3v) is 3.37. The monoisotopic (exact) mass is 296 g/mol. The van der Waals surface area contributed by atoms with Gasteiger partial charge in [0.15, 0.2) is 5.75 Å². The summed E-state index contributed by atoms with van der Waals surface area (Å²) in [5.41, 5.74) is 0.419. The van der Waals surface area contributed by atoms with Crippen LogP contribution in [0.1, 0.15) is 13.3 Å². The SMILES string of the molecule is CCCOc1cccc(N2CCOCC2CO)c1[N+](=O)[O-]. The van der Waals surface area contributed by atoms with E-state index < -0.39 is 4.92 Å².